The van der Waals surface area contributed by atoms with Crippen molar-refractivity contribution in [3.05, 3.63) is 0 Å². The largest absolute Gasteiger partial charge is 0.376 e. The molecule has 2 atom stereocenters. The molecular weight excluding hydrogens is 431 g/mol. The minimum Gasteiger partial charge on any atom is -0.376 e. The molecule has 2 N–H and O–H groups in total. The summed E-state index contributed by atoms with van der Waals surface area (Å²) in [5, 5.41) is 6.82. The number of rotatable bonds is 4. The zero-order chi connectivity index (χ0) is 16.8. The molecule has 2 unspecified atom stereocenters. The predicted molar refractivity (Wildman–Crippen MR) is 110 cm³/mol. The van der Waals surface area contributed by atoms with Crippen LogP contribution in [0.5, 0.6) is 0 Å². The fourth-order valence-electron chi connectivity index (χ4n) is 4.09. The van der Waals surface area contributed by atoms with Gasteiger partial charge in [0.05, 0.1) is 6.10 Å². The highest BCUT2D eigenvalue weighted by molar-refractivity contribution is 14.0. The average molecular weight is 464 g/mol. The van der Waals surface area contributed by atoms with Crippen LogP contribution < -0.4 is 10.6 Å². The van der Waals surface area contributed by atoms with E-state index in [0.717, 1.165) is 64.3 Å². The molecule has 1 amide bonds. The van der Waals surface area contributed by atoms with Crippen molar-refractivity contribution in [3.63, 3.8) is 0 Å². The van der Waals surface area contributed by atoms with E-state index in [-0.39, 0.29) is 29.9 Å². The van der Waals surface area contributed by atoms with Gasteiger partial charge in [0.2, 0.25) is 5.91 Å². The molecule has 0 aromatic rings. The maximum atomic E-state index is 12.6. The number of carbonyl (C=O) groups is 1. The maximum absolute atomic E-state index is 12.6. The number of hydrogen-bond donors (Lipinski definition) is 2. The lowest BCUT2D eigenvalue weighted by Crippen LogP contribution is -2.47. The van der Waals surface area contributed by atoms with Crippen molar-refractivity contribution in [2.45, 2.75) is 63.5 Å². The van der Waals surface area contributed by atoms with Crippen LogP contribution in [0.25, 0.3) is 0 Å². The predicted octanol–water partition coefficient (Wildman–Crippen LogP) is 2.13. The highest BCUT2D eigenvalue weighted by atomic mass is 127. The van der Waals surface area contributed by atoms with Crippen LogP contribution in [-0.4, -0.2) is 62.2 Å². The lowest BCUT2D eigenvalue weighted by molar-refractivity contribution is -0.135. The van der Waals surface area contributed by atoms with Gasteiger partial charge in [0.25, 0.3) is 0 Å². The normalized spacial score (nSPS) is 27.9. The Hall–Kier alpha value is -0.570. The summed E-state index contributed by atoms with van der Waals surface area (Å²) >= 11 is 0. The molecule has 144 valence electrons. The van der Waals surface area contributed by atoms with Crippen molar-refractivity contribution in [1.29, 1.82) is 0 Å². The van der Waals surface area contributed by atoms with Gasteiger partial charge in [-0.15, -0.1) is 24.0 Å². The van der Waals surface area contributed by atoms with Gasteiger partial charge in [-0.05, 0) is 32.1 Å². The van der Waals surface area contributed by atoms with E-state index in [1.54, 1.807) is 7.05 Å². The third-order valence-corrected chi connectivity index (χ3v) is 5.54. The highest BCUT2D eigenvalue weighted by Gasteiger charge is 2.31. The van der Waals surface area contributed by atoms with Gasteiger partial charge >= 0.3 is 0 Å². The molecule has 0 aromatic heterocycles. The van der Waals surface area contributed by atoms with E-state index in [0.29, 0.717) is 18.1 Å². The van der Waals surface area contributed by atoms with Gasteiger partial charge in [-0.2, -0.15) is 0 Å². The van der Waals surface area contributed by atoms with Crippen molar-refractivity contribution in [3.8, 4) is 0 Å². The van der Waals surface area contributed by atoms with E-state index in [1.807, 2.05) is 0 Å². The summed E-state index contributed by atoms with van der Waals surface area (Å²) in [5.74, 6) is 1.47. The van der Waals surface area contributed by atoms with E-state index in [4.69, 9.17) is 4.74 Å². The number of guanidine groups is 1. The van der Waals surface area contributed by atoms with Crippen LogP contribution in [0, 0.1) is 5.92 Å². The van der Waals surface area contributed by atoms with E-state index in [9.17, 15) is 4.79 Å². The number of amides is 1. The van der Waals surface area contributed by atoms with Crippen molar-refractivity contribution < 1.29 is 9.53 Å². The SMILES string of the molecule is CN=C(NCC1CCCO1)NC1CCN(C(=O)C2CCCCC2)C1.I. The second kappa shape index (κ2) is 10.5. The Kier molecular flexibility index (Phi) is 8.75. The molecule has 3 rings (SSSR count). The third-order valence-electron chi connectivity index (χ3n) is 5.54. The topological polar surface area (TPSA) is 66.0 Å². The minimum atomic E-state index is 0. The number of halogens is 1. The standard InChI is InChI=1S/C18H32N4O2.HI/c1-19-18(20-12-16-8-5-11-24-16)21-15-9-10-22(13-15)17(23)14-6-3-2-4-7-14;/h14-16H,2-13H2,1H3,(H2,19,20,21);1H. The van der Waals surface area contributed by atoms with E-state index in [2.05, 4.69) is 20.5 Å². The maximum Gasteiger partial charge on any atom is 0.225 e. The summed E-state index contributed by atoms with van der Waals surface area (Å²) in [6.07, 6.45) is 9.46. The number of nitrogens with zero attached hydrogens (tertiary/aromatic N) is 2. The summed E-state index contributed by atoms with van der Waals surface area (Å²) in [5.41, 5.74) is 0. The van der Waals surface area contributed by atoms with E-state index in [1.165, 1.54) is 19.3 Å². The number of aliphatic imine (C=N–C) groups is 1. The lowest BCUT2D eigenvalue weighted by Gasteiger charge is -2.26. The van der Waals surface area contributed by atoms with Crippen LogP contribution in [0.3, 0.4) is 0 Å². The van der Waals surface area contributed by atoms with Crippen molar-refractivity contribution >= 4 is 35.8 Å². The summed E-state index contributed by atoms with van der Waals surface area (Å²) in [6.45, 7) is 3.35. The van der Waals surface area contributed by atoms with Gasteiger partial charge in [0.15, 0.2) is 5.96 Å². The molecule has 1 saturated carbocycles. The lowest BCUT2D eigenvalue weighted by atomic mass is 9.88. The smallest absolute Gasteiger partial charge is 0.225 e. The first-order valence-corrected chi connectivity index (χ1v) is 9.64. The Balaban J connectivity index is 0.00000225. The van der Waals surface area contributed by atoms with Gasteiger partial charge < -0.3 is 20.3 Å². The van der Waals surface area contributed by atoms with Crippen molar-refractivity contribution in [1.82, 2.24) is 15.5 Å². The first-order valence-electron chi connectivity index (χ1n) is 9.64. The van der Waals surface area contributed by atoms with Gasteiger partial charge in [-0.1, -0.05) is 19.3 Å². The van der Waals surface area contributed by atoms with Crippen molar-refractivity contribution in [2.24, 2.45) is 10.9 Å². The Morgan fingerprint density at radius 3 is 2.64 bits per heavy atom. The summed E-state index contributed by atoms with van der Waals surface area (Å²) in [6, 6.07) is 0.299. The molecule has 0 spiro atoms. The number of carbonyl (C=O) groups excluding carboxylic acids is 1. The summed E-state index contributed by atoms with van der Waals surface area (Å²) in [4.78, 5) is 19.0. The van der Waals surface area contributed by atoms with E-state index < -0.39 is 0 Å². The Labute approximate surface area is 168 Å². The average Bonchev–Trinajstić information content (AvgIpc) is 3.30. The zero-order valence-corrected chi connectivity index (χ0v) is 17.7. The molecule has 1 aliphatic carbocycles. The molecule has 2 aliphatic heterocycles. The third kappa shape index (κ3) is 5.98. The molecular formula is C18H33IN4O2. The molecule has 7 heteroatoms. The Morgan fingerprint density at radius 2 is 1.96 bits per heavy atom. The van der Waals surface area contributed by atoms with Crippen LogP contribution in [0.4, 0.5) is 0 Å². The monoisotopic (exact) mass is 464 g/mol. The van der Waals surface area contributed by atoms with Crippen LogP contribution in [0.1, 0.15) is 51.4 Å². The van der Waals surface area contributed by atoms with Gasteiger partial charge in [0, 0.05) is 45.2 Å². The van der Waals surface area contributed by atoms with Crippen LogP contribution >= 0.6 is 24.0 Å². The fourth-order valence-corrected chi connectivity index (χ4v) is 4.09. The first-order chi connectivity index (χ1) is 11.8. The Morgan fingerprint density at radius 1 is 1.16 bits per heavy atom. The molecule has 0 bridgehead atoms. The van der Waals surface area contributed by atoms with Crippen molar-refractivity contribution in [2.75, 3.05) is 33.3 Å². The molecule has 3 fully saturated rings. The van der Waals surface area contributed by atoms with Gasteiger partial charge in [-0.3, -0.25) is 9.79 Å². The number of ether oxygens (including phenoxy) is 1. The Bertz CT molecular complexity index is 448. The first kappa shape index (κ1) is 20.7. The zero-order valence-electron chi connectivity index (χ0n) is 15.3. The molecule has 0 aromatic carbocycles. The number of likely N-dealkylation sites (tertiary alicyclic amines) is 1. The van der Waals surface area contributed by atoms with Crippen LogP contribution in [-0.2, 0) is 9.53 Å². The molecule has 3 aliphatic rings. The fraction of sp³-hybridized carbons (Fsp3) is 0.889. The number of nitrogens with one attached hydrogen (secondary N) is 2. The second-order valence-electron chi connectivity index (χ2n) is 7.34. The quantitative estimate of drug-likeness (QED) is 0.380. The minimum absolute atomic E-state index is 0. The molecule has 2 heterocycles. The van der Waals surface area contributed by atoms with Crippen LogP contribution in [0.15, 0.2) is 4.99 Å². The van der Waals surface area contributed by atoms with E-state index >= 15 is 0 Å². The molecule has 2 saturated heterocycles. The summed E-state index contributed by atoms with van der Waals surface area (Å²) in [7, 11) is 1.80. The highest BCUT2D eigenvalue weighted by Crippen LogP contribution is 2.26. The second-order valence-corrected chi connectivity index (χ2v) is 7.34. The molecule has 25 heavy (non-hydrogen) atoms. The number of hydrogen-bond acceptors (Lipinski definition) is 3. The molecule has 6 nitrogen and oxygen atoms in total. The van der Waals surface area contributed by atoms with Crippen LogP contribution in [0.2, 0.25) is 0 Å². The molecule has 0 radical (unpaired) electrons. The van der Waals surface area contributed by atoms with Gasteiger partial charge in [-0.25, -0.2) is 0 Å². The summed E-state index contributed by atoms with van der Waals surface area (Å²) < 4.78 is 5.64. The van der Waals surface area contributed by atoms with Gasteiger partial charge in [0.1, 0.15) is 0 Å².